The molecule has 1 amide bonds. The van der Waals surface area contributed by atoms with Gasteiger partial charge in [0.05, 0.1) is 5.71 Å². The number of hydrogen-bond acceptors (Lipinski definition) is 3. The maximum absolute atomic E-state index is 11.6. The van der Waals surface area contributed by atoms with Crippen LogP contribution in [0.3, 0.4) is 0 Å². The number of amides is 1. The number of hydrogen-bond donors (Lipinski definition) is 1. The van der Waals surface area contributed by atoms with Crippen molar-refractivity contribution in [3.8, 4) is 0 Å². The Morgan fingerprint density at radius 3 is 2.89 bits per heavy atom. The highest BCUT2D eigenvalue weighted by Gasteiger charge is 2.20. The molecule has 1 N–H and O–H groups in total. The molecular weight excluding hydrogens is 268 g/mol. The summed E-state index contributed by atoms with van der Waals surface area (Å²) >= 11 is 7.69. The number of carbonyl (C=O) groups is 1. The number of aliphatic imine (C=N–C) groups is 1. The van der Waals surface area contributed by atoms with Crippen molar-refractivity contribution in [3.05, 3.63) is 51.9 Å². The molecule has 1 aromatic carbocycles. The Bertz CT molecular complexity index is 648. The highest BCUT2D eigenvalue weighted by atomic mass is 35.5. The van der Waals surface area contributed by atoms with Crippen molar-refractivity contribution in [3.63, 3.8) is 0 Å². The topological polar surface area (TPSA) is 41.5 Å². The van der Waals surface area contributed by atoms with Gasteiger partial charge in [-0.25, -0.2) is 0 Å². The van der Waals surface area contributed by atoms with Crippen molar-refractivity contribution in [2.75, 3.05) is 11.9 Å². The Balaban J connectivity index is 2.18. The number of carbonyl (C=O) groups excluding carboxylic acids is 1. The van der Waals surface area contributed by atoms with Gasteiger partial charge in [-0.3, -0.25) is 9.79 Å². The van der Waals surface area contributed by atoms with Crippen LogP contribution in [0.4, 0.5) is 5.00 Å². The van der Waals surface area contributed by atoms with E-state index in [0.29, 0.717) is 5.02 Å². The van der Waals surface area contributed by atoms with Crippen molar-refractivity contribution in [1.82, 2.24) is 0 Å². The first-order valence-electron chi connectivity index (χ1n) is 5.43. The lowest BCUT2D eigenvalue weighted by Crippen LogP contribution is -2.12. The first-order valence-corrected chi connectivity index (χ1v) is 6.68. The maximum Gasteiger partial charge on any atom is 0.246 e. The Kier molecular flexibility index (Phi) is 2.89. The summed E-state index contributed by atoms with van der Waals surface area (Å²) in [5, 5.41) is 6.25. The van der Waals surface area contributed by atoms with Crippen molar-refractivity contribution in [2.45, 2.75) is 0 Å². The van der Waals surface area contributed by atoms with Gasteiger partial charge in [-0.15, -0.1) is 11.3 Å². The molecule has 0 radical (unpaired) electrons. The van der Waals surface area contributed by atoms with E-state index in [1.54, 1.807) is 0 Å². The molecule has 2 heterocycles. The maximum atomic E-state index is 11.6. The summed E-state index contributed by atoms with van der Waals surface area (Å²) in [5.74, 6) is -0.0965. The van der Waals surface area contributed by atoms with E-state index in [0.717, 1.165) is 21.8 Å². The molecule has 0 unspecified atom stereocenters. The summed E-state index contributed by atoms with van der Waals surface area (Å²) in [4.78, 5) is 15.9. The van der Waals surface area contributed by atoms with Crippen LogP contribution in [-0.4, -0.2) is 18.2 Å². The molecule has 3 rings (SSSR count). The molecule has 1 aromatic heterocycles. The third-order valence-electron chi connectivity index (χ3n) is 2.68. The van der Waals surface area contributed by atoms with Crippen molar-refractivity contribution in [1.29, 1.82) is 0 Å². The number of benzene rings is 1. The first kappa shape index (κ1) is 11.4. The van der Waals surface area contributed by atoms with Gasteiger partial charge in [-0.1, -0.05) is 29.8 Å². The molecule has 18 heavy (non-hydrogen) atoms. The second-order valence-corrected chi connectivity index (χ2v) is 5.18. The zero-order chi connectivity index (χ0) is 12.5. The number of nitrogens with zero attached hydrogens (tertiary/aromatic N) is 1. The molecule has 1 aliphatic heterocycles. The lowest BCUT2D eigenvalue weighted by Gasteiger charge is -2.06. The molecule has 0 atom stereocenters. The first-order chi connectivity index (χ1) is 8.75. The second-order valence-electron chi connectivity index (χ2n) is 3.86. The van der Waals surface area contributed by atoms with Gasteiger partial charge in [-0.05, 0) is 17.5 Å². The van der Waals surface area contributed by atoms with Gasteiger partial charge in [0, 0.05) is 16.1 Å². The zero-order valence-electron chi connectivity index (χ0n) is 9.31. The summed E-state index contributed by atoms with van der Waals surface area (Å²) in [7, 11) is 0. The SMILES string of the molecule is O=C1CN=C(c2ccccc2Cl)c2ccsc2N1. The second kappa shape index (κ2) is 4.55. The van der Waals surface area contributed by atoms with Crippen molar-refractivity contribution < 1.29 is 4.79 Å². The quantitative estimate of drug-likeness (QED) is 0.854. The third-order valence-corrected chi connectivity index (χ3v) is 3.84. The highest BCUT2D eigenvalue weighted by Crippen LogP contribution is 2.30. The minimum atomic E-state index is -0.0965. The van der Waals surface area contributed by atoms with Crippen LogP contribution in [0.2, 0.25) is 5.02 Å². The predicted molar refractivity (Wildman–Crippen MR) is 74.9 cm³/mol. The number of rotatable bonds is 1. The molecule has 0 aliphatic carbocycles. The average molecular weight is 277 g/mol. The normalized spacial score (nSPS) is 14.5. The van der Waals surface area contributed by atoms with Crippen LogP contribution in [0, 0.1) is 0 Å². The lowest BCUT2D eigenvalue weighted by atomic mass is 10.0. The van der Waals surface area contributed by atoms with Crippen LogP contribution >= 0.6 is 22.9 Å². The van der Waals surface area contributed by atoms with Gasteiger partial charge in [0.2, 0.25) is 5.91 Å². The highest BCUT2D eigenvalue weighted by molar-refractivity contribution is 7.14. The molecule has 1 aliphatic rings. The van der Waals surface area contributed by atoms with Crippen LogP contribution < -0.4 is 5.32 Å². The minimum Gasteiger partial charge on any atom is -0.316 e. The van der Waals surface area contributed by atoms with Crippen molar-refractivity contribution in [2.24, 2.45) is 4.99 Å². The predicted octanol–water partition coefficient (Wildman–Crippen LogP) is 3.19. The molecule has 2 aromatic rings. The van der Waals surface area contributed by atoms with Gasteiger partial charge < -0.3 is 5.32 Å². The molecule has 0 saturated heterocycles. The van der Waals surface area contributed by atoms with Crippen LogP contribution in [0.5, 0.6) is 0 Å². The standard InChI is InChI=1S/C13H9ClN2OS/c14-10-4-2-1-3-8(10)12-9-5-6-18-13(9)16-11(17)7-15-12/h1-6H,7H2,(H,16,17). The van der Waals surface area contributed by atoms with E-state index in [4.69, 9.17) is 11.6 Å². The molecule has 0 bridgehead atoms. The van der Waals surface area contributed by atoms with Gasteiger partial charge in [0.25, 0.3) is 0 Å². The van der Waals surface area contributed by atoms with E-state index in [1.165, 1.54) is 11.3 Å². The van der Waals surface area contributed by atoms with Gasteiger partial charge in [-0.2, -0.15) is 0 Å². The fraction of sp³-hybridized carbons (Fsp3) is 0.0769. The zero-order valence-corrected chi connectivity index (χ0v) is 10.9. The Morgan fingerprint density at radius 2 is 2.06 bits per heavy atom. The van der Waals surface area contributed by atoms with Crippen LogP contribution in [0.1, 0.15) is 11.1 Å². The summed E-state index contributed by atoms with van der Waals surface area (Å²) in [6, 6.07) is 9.48. The summed E-state index contributed by atoms with van der Waals surface area (Å²) in [5.41, 5.74) is 2.56. The largest absolute Gasteiger partial charge is 0.316 e. The summed E-state index contributed by atoms with van der Waals surface area (Å²) < 4.78 is 0. The number of thiophene rings is 1. The minimum absolute atomic E-state index is 0.0965. The Morgan fingerprint density at radius 1 is 1.22 bits per heavy atom. The van der Waals surface area contributed by atoms with Crippen LogP contribution in [0.25, 0.3) is 0 Å². The molecule has 0 fully saturated rings. The van der Waals surface area contributed by atoms with Gasteiger partial charge in [0.1, 0.15) is 11.5 Å². The van der Waals surface area contributed by atoms with Crippen LogP contribution in [-0.2, 0) is 4.79 Å². The number of fused-ring (bicyclic) bond motifs is 1. The molecule has 90 valence electrons. The molecule has 3 nitrogen and oxygen atoms in total. The molecule has 0 saturated carbocycles. The van der Waals surface area contributed by atoms with Crippen molar-refractivity contribution >= 4 is 39.6 Å². The lowest BCUT2D eigenvalue weighted by molar-refractivity contribution is -0.114. The fourth-order valence-corrected chi connectivity index (χ4v) is 2.91. The molecule has 5 heteroatoms. The average Bonchev–Trinajstić information content (AvgIpc) is 2.74. The van der Waals surface area contributed by atoms with E-state index < -0.39 is 0 Å². The summed E-state index contributed by atoms with van der Waals surface area (Å²) in [6.07, 6.45) is 0. The van der Waals surface area contributed by atoms with Crippen LogP contribution in [0.15, 0.2) is 40.7 Å². The van der Waals surface area contributed by atoms with E-state index in [9.17, 15) is 4.79 Å². The molecular formula is C13H9ClN2OS. The molecule has 0 spiro atoms. The van der Waals surface area contributed by atoms with E-state index in [1.807, 2.05) is 35.7 Å². The van der Waals surface area contributed by atoms with E-state index in [2.05, 4.69) is 10.3 Å². The number of nitrogens with one attached hydrogen (secondary N) is 1. The Hall–Kier alpha value is -1.65. The van der Waals surface area contributed by atoms with Gasteiger partial charge >= 0.3 is 0 Å². The number of anilines is 1. The van der Waals surface area contributed by atoms with E-state index >= 15 is 0 Å². The third kappa shape index (κ3) is 1.94. The smallest absolute Gasteiger partial charge is 0.246 e. The monoisotopic (exact) mass is 276 g/mol. The Labute approximate surface area is 113 Å². The van der Waals surface area contributed by atoms with E-state index in [-0.39, 0.29) is 12.5 Å². The fourth-order valence-electron chi connectivity index (χ4n) is 1.88. The van der Waals surface area contributed by atoms with Gasteiger partial charge in [0.15, 0.2) is 0 Å². The summed E-state index contributed by atoms with van der Waals surface area (Å²) in [6.45, 7) is 0.127. The number of halogens is 1.